The lowest BCUT2D eigenvalue weighted by Gasteiger charge is -2.26. The first-order valence-corrected chi connectivity index (χ1v) is 9.44. The van der Waals surface area contributed by atoms with Gasteiger partial charge in [-0.1, -0.05) is 36.4 Å². The number of fused-ring (bicyclic) bond motifs is 2. The quantitative estimate of drug-likeness (QED) is 0.734. The number of hydrogen-bond acceptors (Lipinski definition) is 2. The fourth-order valence-electron chi connectivity index (χ4n) is 3.18. The van der Waals surface area contributed by atoms with Crippen LogP contribution in [0.15, 0.2) is 47.4 Å². The van der Waals surface area contributed by atoms with E-state index in [1.54, 1.807) is 16.7 Å². The van der Waals surface area contributed by atoms with Gasteiger partial charge in [0, 0.05) is 16.4 Å². The Morgan fingerprint density at radius 3 is 2.90 bits per heavy atom. The van der Waals surface area contributed by atoms with E-state index >= 15 is 0 Å². The molecule has 0 aromatic heterocycles. The molecule has 0 radical (unpaired) electrons. The van der Waals surface area contributed by atoms with Crippen LogP contribution in [0.2, 0.25) is 0 Å². The predicted octanol–water partition coefficient (Wildman–Crippen LogP) is 4.91. The molecule has 20 heavy (non-hydrogen) atoms. The number of rotatable bonds is 1. The first-order valence-electron chi connectivity index (χ1n) is 7.30. The lowest BCUT2D eigenvalue weighted by atomic mass is 9.90. The summed E-state index contributed by atoms with van der Waals surface area (Å²) < 4.78 is 0. The Balaban J connectivity index is 1.63. The molecule has 2 heteroatoms. The minimum absolute atomic E-state index is 0.690. The molecule has 2 aliphatic rings. The Labute approximate surface area is 129 Å². The zero-order valence-corrected chi connectivity index (χ0v) is 13.1. The fraction of sp³-hybridized carbons (Fsp3) is 0.333. The van der Waals surface area contributed by atoms with Gasteiger partial charge < -0.3 is 0 Å². The van der Waals surface area contributed by atoms with E-state index in [2.05, 4.69) is 54.2 Å². The van der Waals surface area contributed by atoms with Gasteiger partial charge >= 0.3 is 0 Å². The molecular weight excluding hydrogens is 280 g/mol. The molecule has 102 valence electrons. The van der Waals surface area contributed by atoms with Gasteiger partial charge in [-0.25, -0.2) is 0 Å². The number of thioether (sulfide) groups is 2. The van der Waals surface area contributed by atoms with Crippen LogP contribution in [0, 0.1) is 0 Å². The van der Waals surface area contributed by atoms with E-state index in [1.807, 2.05) is 11.8 Å². The Morgan fingerprint density at radius 2 is 1.90 bits per heavy atom. The molecule has 0 saturated carbocycles. The second-order valence-electron chi connectivity index (χ2n) is 5.65. The topological polar surface area (TPSA) is 0 Å². The van der Waals surface area contributed by atoms with E-state index in [0.29, 0.717) is 5.92 Å². The molecule has 2 aromatic rings. The van der Waals surface area contributed by atoms with Crippen LogP contribution in [0.3, 0.4) is 0 Å². The summed E-state index contributed by atoms with van der Waals surface area (Å²) in [6.45, 7) is 0. The van der Waals surface area contributed by atoms with Crippen LogP contribution < -0.4 is 0 Å². The van der Waals surface area contributed by atoms with E-state index in [9.17, 15) is 0 Å². The van der Waals surface area contributed by atoms with Crippen LogP contribution in [-0.4, -0.2) is 11.5 Å². The highest BCUT2D eigenvalue weighted by Gasteiger charge is 2.21. The molecule has 2 aromatic carbocycles. The van der Waals surface area contributed by atoms with Gasteiger partial charge in [-0.05, 0) is 52.8 Å². The molecule has 2 heterocycles. The van der Waals surface area contributed by atoms with Crippen LogP contribution in [0.5, 0.6) is 0 Å². The van der Waals surface area contributed by atoms with Crippen LogP contribution in [0.1, 0.15) is 28.2 Å². The zero-order valence-electron chi connectivity index (χ0n) is 11.5. The smallest absolute Gasteiger partial charge is 0.0187 e. The third-order valence-electron chi connectivity index (χ3n) is 4.35. The number of hydrogen-bond donors (Lipinski definition) is 0. The van der Waals surface area contributed by atoms with Gasteiger partial charge in [0.15, 0.2) is 0 Å². The second kappa shape index (κ2) is 5.50. The minimum atomic E-state index is 0.690. The number of benzene rings is 2. The van der Waals surface area contributed by atoms with E-state index in [0.717, 1.165) is 0 Å². The molecule has 0 saturated heterocycles. The summed E-state index contributed by atoms with van der Waals surface area (Å²) in [5, 5.41) is 0. The normalized spacial score (nSPS) is 21.1. The largest absolute Gasteiger partial charge is 0.157 e. The van der Waals surface area contributed by atoms with Crippen molar-refractivity contribution in [3.63, 3.8) is 0 Å². The maximum atomic E-state index is 2.49. The fourth-order valence-corrected chi connectivity index (χ4v) is 5.39. The monoisotopic (exact) mass is 298 g/mol. The van der Waals surface area contributed by atoms with Crippen LogP contribution >= 0.6 is 23.5 Å². The van der Waals surface area contributed by atoms with Crippen molar-refractivity contribution in [2.45, 2.75) is 29.4 Å². The summed E-state index contributed by atoms with van der Waals surface area (Å²) in [6.07, 6.45) is 2.46. The first kappa shape index (κ1) is 12.8. The highest BCUT2D eigenvalue weighted by atomic mass is 32.2. The maximum absolute atomic E-state index is 2.49. The summed E-state index contributed by atoms with van der Waals surface area (Å²) in [5.74, 6) is 4.41. The lowest BCUT2D eigenvalue weighted by molar-refractivity contribution is 0.743. The van der Waals surface area contributed by atoms with Crippen molar-refractivity contribution in [1.82, 2.24) is 0 Å². The number of aryl methyl sites for hydroxylation is 1. The average molecular weight is 298 g/mol. The molecule has 0 N–H and O–H groups in total. The highest BCUT2D eigenvalue weighted by molar-refractivity contribution is 7.99. The molecule has 2 aliphatic heterocycles. The van der Waals surface area contributed by atoms with Gasteiger partial charge in [0.25, 0.3) is 0 Å². The average Bonchev–Trinajstić information content (AvgIpc) is 2.54. The van der Waals surface area contributed by atoms with Crippen molar-refractivity contribution in [3.05, 3.63) is 64.7 Å². The standard InChI is InChI=1S/C18H18S2/c1-2-4-18-15(3-1)10-17(12-20-18)13-5-6-16-11-19-8-7-14(16)9-13/h1-6,9,17H,7-8,10-12H2. The SMILES string of the molecule is c1ccc2c(c1)CC(c1ccc3c(c1)CCSC3)CS2. The van der Waals surface area contributed by atoms with Crippen LogP contribution in [0.25, 0.3) is 0 Å². The molecular formula is C18H18S2. The van der Waals surface area contributed by atoms with Gasteiger partial charge in [-0.2, -0.15) is 11.8 Å². The summed E-state index contributed by atoms with van der Waals surface area (Å²) in [4.78, 5) is 1.48. The predicted molar refractivity (Wildman–Crippen MR) is 89.9 cm³/mol. The van der Waals surface area contributed by atoms with Crippen LogP contribution in [-0.2, 0) is 18.6 Å². The summed E-state index contributed by atoms with van der Waals surface area (Å²) in [7, 11) is 0. The minimum Gasteiger partial charge on any atom is -0.157 e. The highest BCUT2D eigenvalue weighted by Crippen LogP contribution is 2.38. The summed E-state index contributed by atoms with van der Waals surface area (Å²) in [6, 6.07) is 16.1. The molecule has 0 nitrogen and oxygen atoms in total. The van der Waals surface area contributed by atoms with Gasteiger partial charge in [0.05, 0.1) is 0 Å². The van der Waals surface area contributed by atoms with Crippen molar-refractivity contribution < 1.29 is 0 Å². The van der Waals surface area contributed by atoms with Crippen LogP contribution in [0.4, 0.5) is 0 Å². The molecule has 0 amide bonds. The van der Waals surface area contributed by atoms with Gasteiger partial charge in [-0.3, -0.25) is 0 Å². The first-order chi connectivity index (χ1) is 9.90. The lowest BCUT2D eigenvalue weighted by Crippen LogP contribution is -2.13. The van der Waals surface area contributed by atoms with Crippen molar-refractivity contribution in [1.29, 1.82) is 0 Å². The Bertz CT molecular complexity index is 633. The Hall–Kier alpha value is -0.860. The second-order valence-corrected chi connectivity index (χ2v) is 7.82. The van der Waals surface area contributed by atoms with Gasteiger partial charge in [0.1, 0.15) is 0 Å². The molecule has 1 atom stereocenters. The summed E-state index contributed by atoms with van der Waals surface area (Å²) in [5.41, 5.74) is 6.25. The maximum Gasteiger partial charge on any atom is 0.0187 e. The van der Waals surface area contributed by atoms with E-state index < -0.39 is 0 Å². The third kappa shape index (κ3) is 2.40. The summed E-state index contributed by atoms with van der Waals surface area (Å²) >= 11 is 4.09. The van der Waals surface area contributed by atoms with E-state index in [1.165, 1.54) is 40.6 Å². The van der Waals surface area contributed by atoms with Crippen molar-refractivity contribution in [2.24, 2.45) is 0 Å². The third-order valence-corrected chi connectivity index (χ3v) is 6.64. The van der Waals surface area contributed by atoms with Crippen molar-refractivity contribution >= 4 is 23.5 Å². The Morgan fingerprint density at radius 1 is 0.950 bits per heavy atom. The molecule has 0 fully saturated rings. The molecule has 0 aliphatic carbocycles. The van der Waals surface area contributed by atoms with E-state index in [-0.39, 0.29) is 0 Å². The zero-order chi connectivity index (χ0) is 13.4. The molecule has 4 rings (SSSR count). The molecule has 0 bridgehead atoms. The van der Waals surface area contributed by atoms with Gasteiger partial charge in [0.2, 0.25) is 0 Å². The molecule has 1 unspecified atom stereocenters. The van der Waals surface area contributed by atoms with Crippen molar-refractivity contribution in [2.75, 3.05) is 11.5 Å². The van der Waals surface area contributed by atoms with Gasteiger partial charge in [-0.15, -0.1) is 11.8 Å². The molecule has 0 spiro atoms. The van der Waals surface area contributed by atoms with Crippen molar-refractivity contribution in [3.8, 4) is 0 Å². The Kier molecular flexibility index (Phi) is 3.53. The van der Waals surface area contributed by atoms with E-state index in [4.69, 9.17) is 0 Å².